The first-order chi connectivity index (χ1) is 12.3. The first kappa shape index (κ1) is 22.1. The molecule has 148 valence electrons. The number of nitrogens with zero attached hydrogens (tertiary/aromatic N) is 2. The van der Waals surface area contributed by atoms with Gasteiger partial charge >= 0.3 is 18.2 Å². The summed E-state index contributed by atoms with van der Waals surface area (Å²) in [7, 11) is 1.17. The maximum atomic E-state index is 12.7. The highest BCUT2D eigenvalue weighted by Gasteiger charge is 2.35. The molecule has 1 aromatic heterocycles. The van der Waals surface area contributed by atoms with Gasteiger partial charge in [-0.05, 0) is 59.8 Å². The lowest BCUT2D eigenvalue weighted by Crippen LogP contribution is -2.44. The van der Waals surface area contributed by atoms with Crippen LogP contribution in [0.5, 0.6) is 0 Å². The van der Waals surface area contributed by atoms with E-state index in [1.165, 1.54) is 25.3 Å². The first-order valence-electron chi connectivity index (χ1n) is 8.27. The largest absolute Gasteiger partial charge is 0.464 e. The van der Waals surface area contributed by atoms with Crippen molar-refractivity contribution in [1.29, 1.82) is 0 Å². The molecular weight excluding hydrogens is 352 g/mol. The summed E-state index contributed by atoms with van der Waals surface area (Å²) in [5.74, 6) is -0.828. The summed E-state index contributed by atoms with van der Waals surface area (Å²) in [5, 5.41) is 0. The number of rotatable bonds is 3. The first-order valence-corrected chi connectivity index (χ1v) is 8.27. The van der Waals surface area contributed by atoms with Crippen LogP contribution in [0.4, 0.5) is 15.3 Å². The third kappa shape index (κ3) is 6.40. The van der Waals surface area contributed by atoms with E-state index in [-0.39, 0.29) is 11.4 Å². The fourth-order valence-electron chi connectivity index (χ4n) is 1.89. The maximum Gasteiger partial charge on any atom is 0.424 e. The number of anilines is 1. The van der Waals surface area contributed by atoms with Crippen LogP contribution in [0, 0.1) is 0 Å². The normalized spacial score (nSPS) is 11.4. The molecule has 2 amide bonds. The number of carbonyl (C=O) groups excluding carboxylic acids is 3. The Bertz CT molecular complexity index is 716. The Balaban J connectivity index is 3.54. The summed E-state index contributed by atoms with van der Waals surface area (Å²) in [6.45, 7) is 13.5. The molecule has 8 nitrogen and oxygen atoms in total. The number of amides is 2. The molecule has 0 saturated heterocycles. The SMILES string of the molecule is C=Cc1ccc(N(C(=O)OC(C)(C)C)C(=O)OC(C)(C)C)c(C(=O)OC)n1. The predicted octanol–water partition coefficient (Wildman–Crippen LogP) is 4.19. The van der Waals surface area contributed by atoms with E-state index in [0.717, 1.165) is 0 Å². The summed E-state index contributed by atoms with van der Waals surface area (Å²) < 4.78 is 15.3. The zero-order valence-electron chi connectivity index (χ0n) is 16.8. The molecule has 0 aromatic carbocycles. The lowest BCUT2D eigenvalue weighted by Gasteiger charge is -2.29. The van der Waals surface area contributed by atoms with E-state index in [0.29, 0.717) is 10.6 Å². The smallest absolute Gasteiger partial charge is 0.424 e. The molecule has 0 N–H and O–H groups in total. The standard InChI is InChI=1S/C19H26N2O6/c1-9-12-10-11-13(14(20-12)15(22)25-8)21(16(23)26-18(2,3)4)17(24)27-19(5,6)7/h9-11H,1H2,2-8H3. The molecule has 0 atom stereocenters. The zero-order chi connectivity index (χ0) is 21.0. The molecule has 0 bridgehead atoms. The van der Waals surface area contributed by atoms with Gasteiger partial charge in [0, 0.05) is 0 Å². The average Bonchev–Trinajstić information content (AvgIpc) is 2.51. The molecule has 0 aliphatic heterocycles. The molecule has 1 heterocycles. The van der Waals surface area contributed by atoms with Crippen LogP contribution in [-0.4, -0.2) is 41.5 Å². The molecule has 0 radical (unpaired) electrons. The lowest BCUT2D eigenvalue weighted by atomic mass is 10.2. The summed E-state index contributed by atoms with van der Waals surface area (Å²) in [6, 6.07) is 2.88. The van der Waals surface area contributed by atoms with Crippen molar-refractivity contribution >= 4 is 29.9 Å². The van der Waals surface area contributed by atoms with Gasteiger partial charge in [0.15, 0.2) is 5.69 Å². The number of hydrogen-bond acceptors (Lipinski definition) is 7. The van der Waals surface area contributed by atoms with Crippen molar-refractivity contribution in [3.8, 4) is 0 Å². The van der Waals surface area contributed by atoms with Crippen LogP contribution >= 0.6 is 0 Å². The summed E-state index contributed by atoms with van der Waals surface area (Å²) in [4.78, 5) is 42.3. The van der Waals surface area contributed by atoms with Gasteiger partial charge in [-0.25, -0.2) is 19.4 Å². The molecule has 0 aliphatic carbocycles. The molecule has 1 rings (SSSR count). The van der Waals surface area contributed by atoms with Crippen molar-refractivity contribution in [3.05, 3.63) is 30.1 Å². The van der Waals surface area contributed by atoms with Gasteiger partial charge in [0.1, 0.15) is 11.2 Å². The van der Waals surface area contributed by atoms with Gasteiger partial charge in [-0.15, -0.1) is 0 Å². The number of methoxy groups -OCH3 is 1. The Labute approximate surface area is 159 Å². The summed E-state index contributed by atoms with van der Waals surface area (Å²) >= 11 is 0. The van der Waals surface area contributed by atoms with Crippen LogP contribution in [0.2, 0.25) is 0 Å². The van der Waals surface area contributed by atoms with Gasteiger partial charge in [-0.1, -0.05) is 6.58 Å². The van der Waals surface area contributed by atoms with E-state index in [2.05, 4.69) is 11.6 Å². The van der Waals surface area contributed by atoms with Gasteiger partial charge in [-0.3, -0.25) is 0 Å². The highest BCUT2D eigenvalue weighted by Crippen LogP contribution is 2.25. The fourth-order valence-corrected chi connectivity index (χ4v) is 1.89. The number of carbonyl (C=O) groups is 3. The van der Waals surface area contributed by atoms with Crippen LogP contribution in [0.1, 0.15) is 57.7 Å². The summed E-state index contributed by atoms with van der Waals surface area (Å²) in [5.41, 5.74) is -1.75. The molecule has 0 aliphatic rings. The minimum absolute atomic E-state index is 0.115. The molecule has 0 unspecified atom stereocenters. The third-order valence-electron chi connectivity index (χ3n) is 2.88. The number of ether oxygens (including phenoxy) is 3. The van der Waals surface area contributed by atoms with Gasteiger partial charge in [0.05, 0.1) is 18.5 Å². The molecule has 27 heavy (non-hydrogen) atoms. The molecule has 0 spiro atoms. The van der Waals surface area contributed by atoms with E-state index in [4.69, 9.17) is 14.2 Å². The number of aromatic nitrogens is 1. The fraction of sp³-hybridized carbons (Fsp3) is 0.474. The highest BCUT2D eigenvalue weighted by atomic mass is 16.6. The van der Waals surface area contributed by atoms with Gasteiger partial charge in [0.2, 0.25) is 0 Å². The zero-order valence-corrected chi connectivity index (χ0v) is 16.8. The predicted molar refractivity (Wildman–Crippen MR) is 101 cm³/mol. The molecule has 0 fully saturated rings. The van der Waals surface area contributed by atoms with Crippen LogP contribution < -0.4 is 4.90 Å². The number of pyridine rings is 1. The monoisotopic (exact) mass is 378 g/mol. The molecule has 0 saturated carbocycles. The quantitative estimate of drug-likeness (QED) is 0.575. The van der Waals surface area contributed by atoms with Crippen LogP contribution in [0.3, 0.4) is 0 Å². The Morgan fingerprint density at radius 1 is 1.00 bits per heavy atom. The topological polar surface area (TPSA) is 95.0 Å². The third-order valence-corrected chi connectivity index (χ3v) is 2.88. The van der Waals surface area contributed by atoms with Gasteiger partial charge < -0.3 is 14.2 Å². The Morgan fingerprint density at radius 2 is 1.48 bits per heavy atom. The van der Waals surface area contributed by atoms with E-state index < -0.39 is 29.4 Å². The van der Waals surface area contributed by atoms with Crippen molar-refractivity contribution in [2.45, 2.75) is 52.7 Å². The molecule has 1 aromatic rings. The highest BCUT2D eigenvalue weighted by molar-refractivity contribution is 6.13. The maximum absolute atomic E-state index is 12.7. The number of esters is 1. The minimum Gasteiger partial charge on any atom is -0.464 e. The Hall–Kier alpha value is -2.90. The lowest BCUT2D eigenvalue weighted by molar-refractivity contribution is 0.0430. The van der Waals surface area contributed by atoms with Crippen LogP contribution in [0.15, 0.2) is 18.7 Å². The molecular formula is C19H26N2O6. The minimum atomic E-state index is -1.00. The van der Waals surface area contributed by atoms with Gasteiger partial charge in [-0.2, -0.15) is 4.90 Å². The van der Waals surface area contributed by atoms with Crippen LogP contribution in [0.25, 0.3) is 6.08 Å². The molecule has 8 heteroatoms. The second-order valence-corrected chi connectivity index (χ2v) is 7.60. The van der Waals surface area contributed by atoms with Gasteiger partial charge in [0.25, 0.3) is 0 Å². The van der Waals surface area contributed by atoms with E-state index >= 15 is 0 Å². The Kier molecular flexibility index (Phi) is 6.72. The van der Waals surface area contributed by atoms with Crippen LogP contribution in [-0.2, 0) is 14.2 Å². The van der Waals surface area contributed by atoms with E-state index in [1.54, 1.807) is 41.5 Å². The van der Waals surface area contributed by atoms with E-state index in [9.17, 15) is 14.4 Å². The van der Waals surface area contributed by atoms with Crippen molar-refractivity contribution in [2.24, 2.45) is 0 Å². The second kappa shape index (κ2) is 8.20. The number of hydrogen-bond donors (Lipinski definition) is 0. The number of imide groups is 1. The van der Waals surface area contributed by atoms with Crippen molar-refractivity contribution in [3.63, 3.8) is 0 Å². The van der Waals surface area contributed by atoms with E-state index in [1.807, 2.05) is 0 Å². The summed E-state index contributed by atoms with van der Waals surface area (Å²) in [6.07, 6.45) is -0.591. The average molecular weight is 378 g/mol. The van der Waals surface area contributed by atoms with Crippen molar-refractivity contribution < 1.29 is 28.6 Å². The Morgan fingerprint density at radius 3 is 1.85 bits per heavy atom. The van der Waals surface area contributed by atoms with Crippen molar-refractivity contribution in [1.82, 2.24) is 4.98 Å². The second-order valence-electron chi connectivity index (χ2n) is 7.60. The van der Waals surface area contributed by atoms with Crippen molar-refractivity contribution in [2.75, 3.05) is 12.0 Å².